The highest BCUT2D eigenvalue weighted by atomic mass is 127. The van der Waals surface area contributed by atoms with Crippen LogP contribution in [0.5, 0.6) is 5.75 Å². The molecular formula is C26H35IN4O2. The fraction of sp³-hybridized carbons (Fsp3) is 0.462. The smallest absolute Gasteiger partial charge is 0.258 e. The molecule has 2 aliphatic rings. The number of nitrogens with one attached hydrogen (secondary N) is 2. The van der Waals surface area contributed by atoms with Gasteiger partial charge in [0.2, 0.25) is 0 Å². The van der Waals surface area contributed by atoms with Gasteiger partial charge in [0, 0.05) is 32.7 Å². The zero-order valence-electron chi connectivity index (χ0n) is 19.3. The average molecular weight is 562 g/mol. The fourth-order valence-corrected chi connectivity index (χ4v) is 4.20. The molecule has 6 nitrogen and oxygen atoms in total. The van der Waals surface area contributed by atoms with Gasteiger partial charge in [-0.2, -0.15) is 0 Å². The number of rotatable bonds is 8. The van der Waals surface area contributed by atoms with E-state index < -0.39 is 0 Å². The van der Waals surface area contributed by atoms with E-state index in [0.717, 1.165) is 49.8 Å². The van der Waals surface area contributed by atoms with Crippen molar-refractivity contribution < 1.29 is 9.53 Å². The number of likely N-dealkylation sites (tertiary alicyclic amines) is 1. The summed E-state index contributed by atoms with van der Waals surface area (Å²) in [5, 5.41) is 6.43. The summed E-state index contributed by atoms with van der Waals surface area (Å²) in [4.78, 5) is 18.7. The molecule has 2 N–H and O–H groups in total. The summed E-state index contributed by atoms with van der Waals surface area (Å²) in [5.41, 5.74) is 2.53. The molecule has 4 rings (SSSR count). The molecule has 0 aromatic heterocycles. The van der Waals surface area contributed by atoms with Crippen molar-refractivity contribution in [3.63, 3.8) is 0 Å². The summed E-state index contributed by atoms with van der Waals surface area (Å²) >= 11 is 0. The van der Waals surface area contributed by atoms with E-state index in [0.29, 0.717) is 18.3 Å². The van der Waals surface area contributed by atoms with Crippen LogP contribution in [-0.4, -0.2) is 49.6 Å². The van der Waals surface area contributed by atoms with Crippen LogP contribution >= 0.6 is 24.0 Å². The Hall–Kier alpha value is -2.29. The Kier molecular flexibility index (Phi) is 9.84. The first-order chi connectivity index (χ1) is 15.7. The summed E-state index contributed by atoms with van der Waals surface area (Å²) in [5.74, 6) is 2.34. The second-order valence-electron chi connectivity index (χ2n) is 8.80. The first-order valence-corrected chi connectivity index (χ1v) is 11.7. The van der Waals surface area contributed by atoms with E-state index >= 15 is 0 Å². The van der Waals surface area contributed by atoms with Gasteiger partial charge in [-0.25, -0.2) is 0 Å². The molecule has 0 bridgehead atoms. The maximum absolute atomic E-state index is 11.8. The minimum absolute atomic E-state index is 0. The Morgan fingerprint density at radius 3 is 2.45 bits per heavy atom. The zero-order valence-corrected chi connectivity index (χ0v) is 21.7. The van der Waals surface area contributed by atoms with Crippen LogP contribution in [0.2, 0.25) is 0 Å². The molecule has 1 saturated carbocycles. The molecular weight excluding hydrogens is 527 g/mol. The van der Waals surface area contributed by atoms with Crippen molar-refractivity contribution in [2.45, 2.75) is 44.7 Å². The highest BCUT2D eigenvalue weighted by Gasteiger charge is 2.23. The van der Waals surface area contributed by atoms with E-state index in [-0.39, 0.29) is 36.5 Å². The SMILES string of the molecule is CN=C(NCc1cccc(OCC(=O)NC2CC2)c1)N1CCC(Cc2ccccc2)CC1.I. The lowest BCUT2D eigenvalue weighted by molar-refractivity contribution is -0.123. The molecule has 1 saturated heterocycles. The van der Waals surface area contributed by atoms with E-state index in [1.807, 2.05) is 25.2 Å². The largest absolute Gasteiger partial charge is 0.484 e. The minimum Gasteiger partial charge on any atom is -0.484 e. The first-order valence-electron chi connectivity index (χ1n) is 11.7. The molecule has 0 atom stereocenters. The van der Waals surface area contributed by atoms with E-state index in [9.17, 15) is 4.79 Å². The van der Waals surface area contributed by atoms with E-state index in [4.69, 9.17) is 4.74 Å². The lowest BCUT2D eigenvalue weighted by Gasteiger charge is -2.34. The molecule has 0 radical (unpaired) electrons. The first kappa shape index (κ1) is 25.3. The molecule has 1 aliphatic carbocycles. The van der Waals surface area contributed by atoms with E-state index in [2.05, 4.69) is 56.9 Å². The van der Waals surface area contributed by atoms with Crippen molar-refractivity contribution in [3.05, 3.63) is 65.7 Å². The number of amides is 1. The third-order valence-electron chi connectivity index (χ3n) is 6.15. The molecule has 178 valence electrons. The van der Waals surface area contributed by atoms with Gasteiger partial charge in [-0.1, -0.05) is 42.5 Å². The van der Waals surface area contributed by atoms with E-state index in [1.165, 1.54) is 18.4 Å². The number of carbonyl (C=O) groups excluding carboxylic acids is 1. The monoisotopic (exact) mass is 562 g/mol. The number of hydrogen-bond donors (Lipinski definition) is 2. The van der Waals surface area contributed by atoms with Gasteiger partial charge >= 0.3 is 0 Å². The van der Waals surface area contributed by atoms with Crippen LogP contribution in [0, 0.1) is 5.92 Å². The van der Waals surface area contributed by atoms with Crippen LogP contribution in [0.1, 0.15) is 36.8 Å². The van der Waals surface area contributed by atoms with Gasteiger partial charge in [0.15, 0.2) is 12.6 Å². The average Bonchev–Trinajstić information content (AvgIpc) is 3.64. The number of halogens is 1. The Labute approximate surface area is 214 Å². The Bertz CT molecular complexity index is 910. The zero-order chi connectivity index (χ0) is 22.2. The quantitative estimate of drug-likeness (QED) is 0.290. The number of benzene rings is 2. The minimum atomic E-state index is -0.0490. The van der Waals surface area contributed by atoms with Crippen LogP contribution in [-0.2, 0) is 17.8 Å². The van der Waals surface area contributed by atoms with Crippen molar-refractivity contribution in [1.82, 2.24) is 15.5 Å². The standard InChI is InChI=1S/C26H34N4O2.HI/c1-27-26(30-14-12-21(13-15-30)16-20-6-3-2-4-7-20)28-18-22-8-5-9-24(17-22)32-19-25(31)29-23-10-11-23;/h2-9,17,21,23H,10-16,18-19H2,1H3,(H,27,28)(H,29,31);1H. The number of aliphatic imine (C=N–C) groups is 1. The van der Waals surface area contributed by atoms with Crippen LogP contribution in [0.15, 0.2) is 59.6 Å². The number of nitrogens with zero attached hydrogens (tertiary/aromatic N) is 2. The van der Waals surface area contributed by atoms with Gasteiger partial charge < -0.3 is 20.3 Å². The number of carbonyl (C=O) groups is 1. The molecule has 2 aromatic carbocycles. The van der Waals surface area contributed by atoms with Gasteiger partial charge in [0.05, 0.1) is 0 Å². The molecule has 7 heteroatoms. The lowest BCUT2D eigenvalue weighted by Crippen LogP contribution is -2.45. The van der Waals surface area contributed by atoms with Gasteiger partial charge in [-0.3, -0.25) is 9.79 Å². The molecule has 1 aliphatic heterocycles. The van der Waals surface area contributed by atoms with Crippen molar-refractivity contribution in [2.75, 3.05) is 26.7 Å². The highest BCUT2D eigenvalue weighted by molar-refractivity contribution is 14.0. The Morgan fingerprint density at radius 2 is 1.76 bits per heavy atom. The van der Waals surface area contributed by atoms with Crippen molar-refractivity contribution in [3.8, 4) is 5.75 Å². The Balaban J connectivity index is 0.00000306. The number of hydrogen-bond acceptors (Lipinski definition) is 3. The lowest BCUT2D eigenvalue weighted by atomic mass is 9.90. The molecule has 0 spiro atoms. The Morgan fingerprint density at radius 1 is 1.03 bits per heavy atom. The summed E-state index contributed by atoms with van der Waals surface area (Å²) in [7, 11) is 1.84. The molecule has 0 unspecified atom stereocenters. The predicted octanol–water partition coefficient (Wildman–Crippen LogP) is 3.99. The van der Waals surface area contributed by atoms with Crippen molar-refractivity contribution in [1.29, 1.82) is 0 Å². The molecule has 1 heterocycles. The highest BCUT2D eigenvalue weighted by Crippen LogP contribution is 2.22. The molecule has 33 heavy (non-hydrogen) atoms. The second kappa shape index (κ2) is 12.8. The normalized spacial score (nSPS) is 16.6. The number of piperidine rings is 1. The van der Waals surface area contributed by atoms with Crippen LogP contribution in [0.25, 0.3) is 0 Å². The summed E-state index contributed by atoms with van der Waals surface area (Å²) in [6, 6.07) is 19.0. The number of ether oxygens (including phenoxy) is 1. The van der Waals surface area contributed by atoms with Crippen LogP contribution in [0.4, 0.5) is 0 Å². The number of guanidine groups is 1. The van der Waals surface area contributed by atoms with Crippen molar-refractivity contribution in [2.24, 2.45) is 10.9 Å². The van der Waals surface area contributed by atoms with Crippen LogP contribution in [0.3, 0.4) is 0 Å². The molecule has 2 aromatic rings. The van der Waals surface area contributed by atoms with Crippen LogP contribution < -0.4 is 15.4 Å². The summed E-state index contributed by atoms with van der Waals surface area (Å²) in [6.07, 6.45) is 5.69. The summed E-state index contributed by atoms with van der Waals surface area (Å²) in [6.45, 7) is 2.78. The predicted molar refractivity (Wildman–Crippen MR) is 143 cm³/mol. The third-order valence-corrected chi connectivity index (χ3v) is 6.15. The maximum atomic E-state index is 11.8. The molecule has 1 amide bonds. The fourth-order valence-electron chi connectivity index (χ4n) is 4.20. The van der Waals surface area contributed by atoms with E-state index in [1.54, 1.807) is 0 Å². The van der Waals surface area contributed by atoms with Crippen molar-refractivity contribution >= 4 is 35.8 Å². The molecule has 2 fully saturated rings. The second-order valence-corrected chi connectivity index (χ2v) is 8.80. The summed E-state index contributed by atoms with van der Waals surface area (Å²) < 4.78 is 5.67. The topological polar surface area (TPSA) is 66.0 Å². The maximum Gasteiger partial charge on any atom is 0.258 e. The van der Waals surface area contributed by atoms with Gasteiger partial charge in [0.25, 0.3) is 5.91 Å². The van der Waals surface area contributed by atoms with Gasteiger partial charge in [-0.05, 0) is 61.3 Å². The van der Waals surface area contributed by atoms with Gasteiger partial charge in [-0.15, -0.1) is 24.0 Å². The third kappa shape index (κ3) is 8.21. The van der Waals surface area contributed by atoms with Gasteiger partial charge in [0.1, 0.15) is 5.75 Å².